The summed E-state index contributed by atoms with van der Waals surface area (Å²) in [6.45, 7) is 0.138. The number of hydrogen-bond acceptors (Lipinski definition) is 4. The summed E-state index contributed by atoms with van der Waals surface area (Å²) in [4.78, 5) is 24.8. The first kappa shape index (κ1) is 23.4. The van der Waals surface area contributed by atoms with Gasteiger partial charge in [0, 0.05) is 29.5 Å². The van der Waals surface area contributed by atoms with Gasteiger partial charge in [0.05, 0.1) is 16.0 Å². The summed E-state index contributed by atoms with van der Waals surface area (Å²) in [6.07, 6.45) is 0.763. The summed E-state index contributed by atoms with van der Waals surface area (Å²) in [5.41, 5.74) is 7.27. The van der Waals surface area contributed by atoms with Gasteiger partial charge in [-0.25, -0.2) is 4.39 Å². The number of halogens is 4. The molecule has 1 saturated carbocycles. The van der Waals surface area contributed by atoms with Gasteiger partial charge in [0.1, 0.15) is 16.4 Å². The number of anilines is 3. The highest BCUT2D eigenvalue weighted by atomic mass is 35.5. The molecule has 5 nitrogen and oxygen atoms in total. The number of nitrogen functional groups attached to an aromatic ring is 1. The van der Waals surface area contributed by atoms with Crippen molar-refractivity contribution in [1.29, 1.82) is 0 Å². The highest BCUT2D eigenvalue weighted by molar-refractivity contribution is 6.54. The molecule has 0 spiro atoms. The van der Waals surface area contributed by atoms with Crippen LogP contribution in [0.25, 0.3) is 0 Å². The summed E-state index contributed by atoms with van der Waals surface area (Å²) in [6, 6.07) is 17.2. The quantitative estimate of drug-likeness (QED) is 0.212. The second kappa shape index (κ2) is 8.86. The van der Waals surface area contributed by atoms with Gasteiger partial charge in [-0.1, -0.05) is 46.9 Å². The lowest BCUT2D eigenvalue weighted by Crippen LogP contribution is -2.23. The molecule has 33 heavy (non-hydrogen) atoms. The Balaban J connectivity index is 1.51. The van der Waals surface area contributed by atoms with E-state index in [9.17, 15) is 14.0 Å². The number of nitrogens with one attached hydrogen (secondary N) is 2. The minimum absolute atomic E-state index is 0.138. The molecule has 0 saturated heterocycles. The van der Waals surface area contributed by atoms with Crippen molar-refractivity contribution in [1.82, 2.24) is 0 Å². The van der Waals surface area contributed by atoms with Gasteiger partial charge in [-0.05, 0) is 60.2 Å². The summed E-state index contributed by atoms with van der Waals surface area (Å²) in [7, 11) is 0. The molecule has 2 unspecified atom stereocenters. The molecule has 1 amide bonds. The predicted octanol–water partition coefficient (Wildman–Crippen LogP) is 5.88. The second-order valence-corrected chi connectivity index (χ2v) is 9.68. The molecule has 0 aliphatic heterocycles. The molecule has 0 radical (unpaired) electrons. The average molecular weight is 507 g/mol. The third-order valence-electron chi connectivity index (χ3n) is 5.79. The van der Waals surface area contributed by atoms with Crippen LogP contribution < -0.4 is 16.4 Å². The van der Waals surface area contributed by atoms with Crippen LogP contribution in [0.5, 0.6) is 0 Å². The fourth-order valence-corrected chi connectivity index (χ4v) is 5.05. The lowest BCUT2D eigenvalue weighted by atomic mass is 10.00. The number of hydrogen-bond donors (Lipinski definition) is 3. The Labute approximate surface area is 205 Å². The number of amides is 1. The summed E-state index contributed by atoms with van der Waals surface area (Å²) >= 11 is 19.3. The van der Waals surface area contributed by atoms with E-state index in [1.54, 1.807) is 42.5 Å². The van der Waals surface area contributed by atoms with E-state index in [4.69, 9.17) is 40.5 Å². The van der Waals surface area contributed by atoms with E-state index in [0.717, 1.165) is 11.8 Å². The maximum atomic E-state index is 13.1. The summed E-state index contributed by atoms with van der Waals surface area (Å²) in [5, 5.41) is 6.05. The van der Waals surface area contributed by atoms with Crippen molar-refractivity contribution in [3.8, 4) is 0 Å². The molecule has 170 valence electrons. The lowest BCUT2D eigenvalue weighted by Gasteiger charge is -2.15. The molecule has 4 rings (SSSR count). The first-order valence-electron chi connectivity index (χ1n) is 9.98. The average Bonchev–Trinajstić information content (AvgIpc) is 3.29. The number of carbonyl (C=O) groups is 2. The Hall–Kier alpha value is -2.80. The van der Waals surface area contributed by atoms with Gasteiger partial charge in [-0.3, -0.25) is 4.79 Å². The molecule has 0 aromatic heterocycles. The van der Waals surface area contributed by atoms with Crippen LogP contribution in [0.15, 0.2) is 66.7 Å². The fraction of sp³-hybridized carbons (Fsp3) is 0.167. The van der Waals surface area contributed by atoms with Crippen LogP contribution in [0.1, 0.15) is 21.8 Å². The molecule has 3 aromatic carbocycles. The van der Waals surface area contributed by atoms with E-state index in [1.807, 2.05) is 0 Å². The van der Waals surface area contributed by atoms with Gasteiger partial charge in [-0.15, -0.1) is 0 Å². The molecule has 4 N–H and O–H groups in total. The van der Waals surface area contributed by atoms with Crippen molar-refractivity contribution in [3.05, 3.63) is 88.7 Å². The van der Waals surface area contributed by atoms with E-state index >= 15 is 0 Å². The maximum Gasteiger partial charge on any atom is 0.257 e. The fourth-order valence-electron chi connectivity index (χ4n) is 3.87. The van der Waals surface area contributed by atoms with Crippen molar-refractivity contribution >= 4 is 64.1 Å². The van der Waals surface area contributed by atoms with Crippen LogP contribution in [0.3, 0.4) is 0 Å². The molecule has 2 atom stereocenters. The monoisotopic (exact) mass is 505 g/mol. The largest absolute Gasteiger partial charge is 0.399 e. The molecule has 1 fully saturated rings. The first-order chi connectivity index (χ1) is 15.7. The van der Waals surface area contributed by atoms with Crippen LogP contribution in [-0.2, 0) is 4.79 Å². The van der Waals surface area contributed by atoms with Crippen LogP contribution >= 0.6 is 34.8 Å². The molecule has 9 heteroatoms. The van der Waals surface area contributed by atoms with Gasteiger partial charge in [0.25, 0.3) is 5.91 Å². The molecule has 0 heterocycles. The van der Waals surface area contributed by atoms with Crippen LogP contribution in [0, 0.1) is 11.2 Å². The third-order valence-corrected chi connectivity index (χ3v) is 7.26. The zero-order valence-electron chi connectivity index (χ0n) is 17.1. The van der Waals surface area contributed by atoms with E-state index in [2.05, 4.69) is 10.6 Å². The van der Waals surface area contributed by atoms with Gasteiger partial charge >= 0.3 is 0 Å². The summed E-state index contributed by atoms with van der Waals surface area (Å²) in [5.74, 6) is -1.30. The van der Waals surface area contributed by atoms with Crippen molar-refractivity contribution in [2.45, 2.75) is 10.3 Å². The minimum Gasteiger partial charge on any atom is -0.399 e. The Kier molecular flexibility index (Phi) is 6.27. The normalized spacial score (nSPS) is 20.7. The van der Waals surface area contributed by atoms with Gasteiger partial charge in [-0.2, -0.15) is 0 Å². The number of nitrogens with two attached hydrogens (primary N) is 1. The zero-order valence-corrected chi connectivity index (χ0v) is 19.4. The standard InChI is InChI=1S/C24H19Cl3FN3O2/c25-20-10-9-18(11-19(20)22(33)31-17-7-3-15(28)4-8-17)30-12-23(13-32)21(24(23,26)27)14-1-5-16(29)6-2-14/h1-11,13,21,30H,12,29H2,(H,31,33). The van der Waals surface area contributed by atoms with Crippen molar-refractivity contribution in [2.24, 2.45) is 5.41 Å². The number of aldehydes is 1. The molecular formula is C24H19Cl3FN3O2. The third kappa shape index (κ3) is 4.38. The van der Waals surface area contributed by atoms with Crippen LogP contribution in [-0.4, -0.2) is 23.1 Å². The van der Waals surface area contributed by atoms with Gasteiger partial charge in [0.15, 0.2) is 0 Å². The van der Waals surface area contributed by atoms with Gasteiger partial charge < -0.3 is 21.2 Å². The molecule has 1 aliphatic rings. The lowest BCUT2D eigenvalue weighted by molar-refractivity contribution is -0.112. The molecule has 1 aliphatic carbocycles. The zero-order chi connectivity index (χ0) is 23.8. The highest BCUT2D eigenvalue weighted by Crippen LogP contribution is 2.73. The van der Waals surface area contributed by atoms with Crippen LogP contribution in [0.2, 0.25) is 5.02 Å². The van der Waals surface area contributed by atoms with E-state index < -0.39 is 27.4 Å². The number of carbonyl (C=O) groups excluding carboxylic acids is 2. The smallest absolute Gasteiger partial charge is 0.257 e. The summed E-state index contributed by atoms with van der Waals surface area (Å²) < 4.78 is 11.8. The van der Waals surface area contributed by atoms with Crippen molar-refractivity contribution < 1.29 is 14.0 Å². The Morgan fingerprint density at radius 3 is 2.30 bits per heavy atom. The number of benzene rings is 3. The Bertz CT molecular complexity index is 1200. The minimum atomic E-state index is -1.30. The topological polar surface area (TPSA) is 84.2 Å². The number of alkyl halides is 2. The molecule has 0 bridgehead atoms. The van der Waals surface area contributed by atoms with Crippen molar-refractivity contribution in [2.75, 3.05) is 22.9 Å². The van der Waals surface area contributed by atoms with Crippen LogP contribution in [0.4, 0.5) is 21.5 Å². The SMILES string of the molecule is Nc1ccc(C2C(Cl)(Cl)C2(C=O)CNc2ccc(Cl)c(C(=O)Nc3ccc(F)cc3)c2)cc1. The first-order valence-corrected chi connectivity index (χ1v) is 11.1. The number of rotatable bonds is 7. The maximum absolute atomic E-state index is 13.1. The van der Waals surface area contributed by atoms with E-state index in [-0.39, 0.29) is 17.1 Å². The molecular weight excluding hydrogens is 488 g/mol. The van der Waals surface area contributed by atoms with E-state index in [1.165, 1.54) is 24.3 Å². The molecule has 3 aromatic rings. The van der Waals surface area contributed by atoms with E-state index in [0.29, 0.717) is 17.1 Å². The second-order valence-electron chi connectivity index (χ2n) is 7.89. The Morgan fingerprint density at radius 1 is 1.03 bits per heavy atom. The predicted molar refractivity (Wildman–Crippen MR) is 131 cm³/mol. The van der Waals surface area contributed by atoms with Crippen molar-refractivity contribution in [3.63, 3.8) is 0 Å². The Morgan fingerprint density at radius 2 is 1.67 bits per heavy atom. The highest BCUT2D eigenvalue weighted by Gasteiger charge is 2.76. The van der Waals surface area contributed by atoms with Gasteiger partial charge in [0.2, 0.25) is 0 Å².